The minimum absolute atomic E-state index is 0.00788. The van der Waals surface area contributed by atoms with E-state index in [4.69, 9.17) is 9.47 Å². The molecule has 0 aliphatic carbocycles. The van der Waals surface area contributed by atoms with Crippen molar-refractivity contribution < 1.29 is 22.1 Å². The molecule has 4 rings (SSSR count). The van der Waals surface area contributed by atoms with Gasteiger partial charge in [0.05, 0.1) is 42.0 Å². The molecule has 1 atom stereocenters. The van der Waals surface area contributed by atoms with Gasteiger partial charge in [-0.15, -0.1) is 0 Å². The molecule has 0 amide bonds. The molecule has 3 aromatic rings. The molecule has 10 heteroatoms. The van der Waals surface area contributed by atoms with Crippen LogP contribution in [0.2, 0.25) is 0 Å². The van der Waals surface area contributed by atoms with Crippen molar-refractivity contribution in [3.8, 4) is 11.5 Å². The third-order valence-electron chi connectivity index (χ3n) is 4.61. The SMILES string of the molecule is COc1ccc2c3nc(S(=O)Cc4ncc(C)c(OC)c4C)n2S(=O)(=O)c13. The fourth-order valence-electron chi connectivity index (χ4n) is 3.34. The summed E-state index contributed by atoms with van der Waals surface area (Å²) < 4.78 is 50.2. The van der Waals surface area contributed by atoms with E-state index < -0.39 is 20.8 Å². The molecule has 0 N–H and O–H groups in total. The van der Waals surface area contributed by atoms with E-state index in [1.165, 1.54) is 7.11 Å². The number of ether oxygens (including phenoxy) is 2. The Balaban J connectivity index is 1.80. The Kier molecular flexibility index (Phi) is 4.00. The van der Waals surface area contributed by atoms with E-state index in [0.717, 1.165) is 15.1 Å². The fourth-order valence-corrected chi connectivity index (χ4v) is 6.66. The van der Waals surface area contributed by atoms with Crippen molar-refractivity contribution in [3.63, 3.8) is 0 Å². The van der Waals surface area contributed by atoms with Crippen LogP contribution in [0.5, 0.6) is 11.5 Å². The van der Waals surface area contributed by atoms with Gasteiger partial charge < -0.3 is 9.47 Å². The Labute approximate surface area is 158 Å². The molecule has 0 saturated heterocycles. The van der Waals surface area contributed by atoms with Gasteiger partial charge in [-0.3, -0.25) is 9.19 Å². The lowest BCUT2D eigenvalue weighted by atomic mass is 10.1. The number of hydrogen-bond donors (Lipinski definition) is 0. The van der Waals surface area contributed by atoms with Crippen LogP contribution < -0.4 is 9.47 Å². The molecule has 0 fully saturated rings. The molecule has 0 radical (unpaired) electrons. The molecule has 0 saturated carbocycles. The number of pyridine rings is 1. The van der Waals surface area contributed by atoms with Gasteiger partial charge in [-0.2, -0.15) is 0 Å². The highest BCUT2D eigenvalue weighted by molar-refractivity contribution is 7.92. The van der Waals surface area contributed by atoms with Gasteiger partial charge in [0.2, 0.25) is 5.16 Å². The molecule has 0 spiro atoms. The number of nitrogens with zero attached hydrogens (tertiary/aromatic N) is 3. The summed E-state index contributed by atoms with van der Waals surface area (Å²) >= 11 is 0. The Morgan fingerprint density at radius 2 is 1.93 bits per heavy atom. The molecular formula is C17H17N3O5S2. The number of benzene rings is 1. The zero-order chi connectivity index (χ0) is 19.5. The molecule has 3 heterocycles. The van der Waals surface area contributed by atoms with Crippen LogP contribution in [0.25, 0.3) is 11.0 Å². The molecule has 4 bridgehead atoms. The minimum Gasteiger partial charge on any atom is -0.496 e. The highest BCUT2D eigenvalue weighted by Crippen LogP contribution is 2.42. The Morgan fingerprint density at radius 3 is 2.59 bits per heavy atom. The smallest absolute Gasteiger partial charge is 0.276 e. The quantitative estimate of drug-likeness (QED) is 0.498. The first kappa shape index (κ1) is 17.9. The molecule has 1 aliphatic heterocycles. The van der Waals surface area contributed by atoms with Crippen molar-refractivity contribution in [1.29, 1.82) is 0 Å². The maximum atomic E-state index is 13.0. The second kappa shape index (κ2) is 6.03. The first-order valence-electron chi connectivity index (χ1n) is 8.03. The number of methoxy groups -OCH3 is 2. The van der Waals surface area contributed by atoms with Crippen molar-refractivity contribution in [1.82, 2.24) is 13.9 Å². The monoisotopic (exact) mass is 407 g/mol. The lowest BCUT2D eigenvalue weighted by Crippen LogP contribution is -2.17. The number of hydrogen-bond acceptors (Lipinski definition) is 7. The highest BCUT2D eigenvalue weighted by Gasteiger charge is 2.39. The number of rotatable bonds is 5. The minimum atomic E-state index is -3.86. The second-order valence-corrected chi connectivity index (χ2v) is 9.23. The Hall–Kier alpha value is -2.46. The summed E-state index contributed by atoms with van der Waals surface area (Å²) in [6.45, 7) is 3.71. The molecule has 142 valence electrons. The lowest BCUT2D eigenvalue weighted by molar-refractivity contribution is 0.404. The van der Waals surface area contributed by atoms with Gasteiger partial charge in [0.25, 0.3) is 10.0 Å². The van der Waals surface area contributed by atoms with Crippen molar-refractivity contribution >= 4 is 31.9 Å². The number of aryl methyl sites for hydroxylation is 1. The van der Waals surface area contributed by atoms with Crippen molar-refractivity contribution in [2.45, 2.75) is 29.7 Å². The predicted octanol–water partition coefficient (Wildman–Crippen LogP) is 1.92. The fraction of sp³-hybridized carbons (Fsp3) is 0.294. The van der Waals surface area contributed by atoms with Gasteiger partial charge in [0, 0.05) is 17.3 Å². The van der Waals surface area contributed by atoms with E-state index in [1.54, 1.807) is 25.4 Å². The first-order chi connectivity index (χ1) is 12.8. The van der Waals surface area contributed by atoms with E-state index in [2.05, 4.69) is 9.97 Å². The predicted molar refractivity (Wildman–Crippen MR) is 99.2 cm³/mol. The molecule has 2 aromatic heterocycles. The van der Waals surface area contributed by atoms with Crippen LogP contribution in [0, 0.1) is 13.8 Å². The Morgan fingerprint density at radius 1 is 1.19 bits per heavy atom. The lowest BCUT2D eigenvalue weighted by Gasteiger charge is -2.13. The standard InChI is InChI=1S/C17H17N3O5S2/c1-9-7-18-11(10(2)15(9)25-4)8-26(21)17-19-14-12-5-6-13(24-3)16(14)27(22,23)20(12)17/h5-7H,8H2,1-4H3. The summed E-state index contributed by atoms with van der Waals surface area (Å²) in [7, 11) is -2.60. The number of aromatic nitrogens is 3. The largest absolute Gasteiger partial charge is 0.496 e. The average Bonchev–Trinajstić information content (AvgIpc) is 3.08. The zero-order valence-corrected chi connectivity index (χ0v) is 16.8. The first-order valence-corrected chi connectivity index (χ1v) is 10.8. The molecule has 1 aliphatic rings. The normalized spacial score (nSPS) is 15.4. The van der Waals surface area contributed by atoms with Gasteiger partial charge in [-0.1, -0.05) is 0 Å². The van der Waals surface area contributed by atoms with E-state index in [-0.39, 0.29) is 27.1 Å². The summed E-state index contributed by atoms with van der Waals surface area (Å²) in [6.07, 6.45) is 1.65. The van der Waals surface area contributed by atoms with Crippen molar-refractivity contribution in [2.75, 3.05) is 14.2 Å². The van der Waals surface area contributed by atoms with Crippen LogP contribution in [0.15, 0.2) is 28.4 Å². The zero-order valence-electron chi connectivity index (χ0n) is 15.1. The van der Waals surface area contributed by atoms with Gasteiger partial charge >= 0.3 is 0 Å². The van der Waals surface area contributed by atoms with Gasteiger partial charge in [-0.05, 0) is 26.0 Å². The van der Waals surface area contributed by atoms with Gasteiger partial charge in [0.1, 0.15) is 17.0 Å². The Bertz CT molecular complexity index is 1230. The summed E-state index contributed by atoms with van der Waals surface area (Å²) in [4.78, 5) is 8.67. The molecule has 8 nitrogen and oxygen atoms in total. The number of imidazole rings is 1. The van der Waals surface area contributed by atoms with Crippen molar-refractivity contribution in [2.24, 2.45) is 0 Å². The molecule has 1 unspecified atom stereocenters. The van der Waals surface area contributed by atoms with Gasteiger partial charge in [0.15, 0.2) is 4.90 Å². The van der Waals surface area contributed by atoms with E-state index >= 15 is 0 Å². The summed E-state index contributed by atoms with van der Waals surface area (Å²) in [5.74, 6) is 0.941. The van der Waals surface area contributed by atoms with Crippen LogP contribution >= 0.6 is 0 Å². The molecule has 1 aromatic carbocycles. The maximum absolute atomic E-state index is 13.0. The average molecular weight is 407 g/mol. The summed E-state index contributed by atoms with van der Waals surface area (Å²) in [5, 5.41) is -0.00788. The highest BCUT2D eigenvalue weighted by atomic mass is 32.2. The van der Waals surface area contributed by atoms with Gasteiger partial charge in [-0.25, -0.2) is 17.4 Å². The maximum Gasteiger partial charge on any atom is 0.276 e. The van der Waals surface area contributed by atoms with Crippen LogP contribution in [0.3, 0.4) is 0 Å². The van der Waals surface area contributed by atoms with Crippen LogP contribution in [0.1, 0.15) is 16.8 Å². The second-order valence-electron chi connectivity index (χ2n) is 6.16. The van der Waals surface area contributed by atoms with E-state index in [9.17, 15) is 12.6 Å². The summed E-state index contributed by atoms with van der Waals surface area (Å²) in [6, 6.07) is 3.18. The van der Waals surface area contributed by atoms with E-state index in [1.807, 2.05) is 13.8 Å². The molecule has 27 heavy (non-hydrogen) atoms. The summed E-state index contributed by atoms with van der Waals surface area (Å²) in [5.41, 5.74) is 2.90. The van der Waals surface area contributed by atoms with Crippen LogP contribution in [-0.4, -0.2) is 40.8 Å². The van der Waals surface area contributed by atoms with E-state index in [0.29, 0.717) is 17.0 Å². The van der Waals surface area contributed by atoms with Crippen molar-refractivity contribution in [3.05, 3.63) is 35.2 Å². The van der Waals surface area contributed by atoms with Crippen LogP contribution in [0.4, 0.5) is 0 Å². The third kappa shape index (κ3) is 2.39. The molecular weight excluding hydrogens is 390 g/mol. The topological polar surface area (TPSA) is 100 Å². The van der Waals surface area contributed by atoms with Crippen LogP contribution in [-0.2, 0) is 26.6 Å². The third-order valence-corrected chi connectivity index (χ3v) is 7.71.